The van der Waals surface area contributed by atoms with E-state index >= 15 is 0 Å². The van der Waals surface area contributed by atoms with Crippen LogP contribution in [0, 0.1) is 0 Å². The average Bonchev–Trinajstić information content (AvgIpc) is 2.87. The Morgan fingerprint density at radius 1 is 1.42 bits per heavy atom. The molecule has 0 unspecified atom stereocenters. The zero-order valence-corrected chi connectivity index (χ0v) is 11.0. The van der Waals surface area contributed by atoms with Crippen molar-refractivity contribution in [2.45, 2.75) is 13.0 Å². The molecule has 0 saturated heterocycles. The van der Waals surface area contributed by atoms with Gasteiger partial charge in [0.05, 0.1) is 6.54 Å². The molecule has 19 heavy (non-hydrogen) atoms. The van der Waals surface area contributed by atoms with Crippen LogP contribution in [0.25, 0.3) is 0 Å². The highest BCUT2D eigenvalue weighted by Crippen LogP contribution is 2.10. The largest absolute Gasteiger partial charge is 0.359 e. The first-order valence-electron chi connectivity index (χ1n) is 5.87. The van der Waals surface area contributed by atoms with Gasteiger partial charge in [-0.05, 0) is 24.1 Å². The van der Waals surface area contributed by atoms with Crippen LogP contribution in [0.3, 0.4) is 0 Å². The molecule has 3 N–H and O–H groups in total. The van der Waals surface area contributed by atoms with Crippen molar-refractivity contribution < 1.29 is 9.32 Å². The van der Waals surface area contributed by atoms with E-state index < -0.39 is 0 Å². The predicted molar refractivity (Wildman–Crippen MR) is 71.9 cm³/mol. The van der Waals surface area contributed by atoms with Gasteiger partial charge in [0.15, 0.2) is 11.5 Å². The third-order valence-corrected chi connectivity index (χ3v) is 2.82. The van der Waals surface area contributed by atoms with E-state index in [2.05, 4.69) is 10.5 Å². The summed E-state index contributed by atoms with van der Waals surface area (Å²) >= 11 is 5.88. The first-order valence-corrected chi connectivity index (χ1v) is 6.25. The van der Waals surface area contributed by atoms with Crippen LogP contribution in [0.1, 0.15) is 21.8 Å². The third kappa shape index (κ3) is 3.81. The second kappa shape index (κ2) is 6.36. The Morgan fingerprint density at radius 2 is 2.26 bits per heavy atom. The number of nitrogens with one attached hydrogen (secondary N) is 1. The summed E-state index contributed by atoms with van der Waals surface area (Å²) in [5.41, 5.74) is 6.68. The van der Waals surface area contributed by atoms with E-state index in [1.807, 2.05) is 24.3 Å². The van der Waals surface area contributed by atoms with E-state index in [0.717, 1.165) is 5.56 Å². The molecule has 0 aliphatic heterocycles. The van der Waals surface area contributed by atoms with Crippen molar-refractivity contribution in [3.05, 3.63) is 52.4 Å². The van der Waals surface area contributed by atoms with Crippen molar-refractivity contribution in [1.29, 1.82) is 0 Å². The summed E-state index contributed by atoms with van der Waals surface area (Å²) in [5, 5.41) is 7.09. The van der Waals surface area contributed by atoms with Gasteiger partial charge in [-0.25, -0.2) is 0 Å². The third-order valence-electron chi connectivity index (χ3n) is 2.58. The van der Waals surface area contributed by atoms with Gasteiger partial charge in [-0.2, -0.15) is 0 Å². The Labute approximate surface area is 115 Å². The molecule has 1 amide bonds. The molecule has 0 saturated carbocycles. The molecule has 0 atom stereocenters. The highest BCUT2D eigenvalue weighted by Gasteiger charge is 2.10. The van der Waals surface area contributed by atoms with E-state index in [1.165, 1.54) is 6.07 Å². The van der Waals surface area contributed by atoms with Gasteiger partial charge in [0.2, 0.25) is 0 Å². The summed E-state index contributed by atoms with van der Waals surface area (Å²) in [5.74, 6) is 0.213. The van der Waals surface area contributed by atoms with E-state index in [0.29, 0.717) is 23.7 Å². The SMILES string of the molecule is NCc1cc(C(=O)NCCc2cccc(Cl)c2)no1. The Balaban J connectivity index is 1.84. The van der Waals surface area contributed by atoms with Crippen LogP contribution < -0.4 is 11.1 Å². The van der Waals surface area contributed by atoms with Crippen LogP contribution >= 0.6 is 11.6 Å². The first kappa shape index (κ1) is 13.6. The molecule has 1 heterocycles. The van der Waals surface area contributed by atoms with Gasteiger partial charge in [0.25, 0.3) is 5.91 Å². The number of carbonyl (C=O) groups is 1. The predicted octanol–water partition coefficient (Wildman–Crippen LogP) is 1.76. The molecule has 0 spiro atoms. The smallest absolute Gasteiger partial charge is 0.273 e. The average molecular weight is 280 g/mol. The lowest BCUT2D eigenvalue weighted by Gasteiger charge is -2.03. The van der Waals surface area contributed by atoms with Crippen LogP contribution in [-0.2, 0) is 13.0 Å². The Kier molecular flexibility index (Phi) is 4.54. The van der Waals surface area contributed by atoms with Crippen molar-refractivity contribution in [3.63, 3.8) is 0 Å². The van der Waals surface area contributed by atoms with Crippen molar-refractivity contribution in [2.75, 3.05) is 6.54 Å². The maximum absolute atomic E-state index is 11.7. The van der Waals surface area contributed by atoms with Gasteiger partial charge in [-0.15, -0.1) is 0 Å². The number of amides is 1. The van der Waals surface area contributed by atoms with Gasteiger partial charge in [0, 0.05) is 17.6 Å². The number of hydrogen-bond acceptors (Lipinski definition) is 4. The van der Waals surface area contributed by atoms with Crippen LogP contribution in [0.2, 0.25) is 5.02 Å². The molecule has 6 heteroatoms. The second-order valence-corrected chi connectivity index (χ2v) is 4.45. The van der Waals surface area contributed by atoms with Gasteiger partial charge in [-0.1, -0.05) is 28.9 Å². The lowest BCUT2D eigenvalue weighted by molar-refractivity contribution is 0.0945. The van der Waals surface area contributed by atoms with Crippen LogP contribution in [0.4, 0.5) is 0 Å². The molecule has 0 fully saturated rings. The number of rotatable bonds is 5. The summed E-state index contributed by atoms with van der Waals surface area (Å²) in [6, 6.07) is 9.06. The zero-order valence-electron chi connectivity index (χ0n) is 10.2. The molecule has 2 aromatic rings. The number of hydrogen-bond donors (Lipinski definition) is 2. The minimum Gasteiger partial charge on any atom is -0.359 e. The molecular weight excluding hydrogens is 266 g/mol. The zero-order chi connectivity index (χ0) is 13.7. The quantitative estimate of drug-likeness (QED) is 0.874. The molecule has 1 aromatic carbocycles. The molecule has 100 valence electrons. The fourth-order valence-electron chi connectivity index (χ4n) is 1.62. The van der Waals surface area contributed by atoms with E-state index in [-0.39, 0.29) is 18.1 Å². The Morgan fingerprint density at radius 3 is 2.95 bits per heavy atom. The lowest BCUT2D eigenvalue weighted by atomic mass is 10.1. The second-order valence-electron chi connectivity index (χ2n) is 4.02. The summed E-state index contributed by atoms with van der Waals surface area (Å²) in [6.45, 7) is 0.729. The number of benzene rings is 1. The minimum absolute atomic E-state index is 0.225. The molecule has 0 aliphatic carbocycles. The van der Waals surface area contributed by atoms with Crippen molar-refractivity contribution in [2.24, 2.45) is 5.73 Å². The topological polar surface area (TPSA) is 81.2 Å². The Hall–Kier alpha value is -1.85. The molecule has 2 rings (SSSR count). The maximum Gasteiger partial charge on any atom is 0.273 e. The van der Waals surface area contributed by atoms with Crippen molar-refractivity contribution in [3.8, 4) is 0 Å². The maximum atomic E-state index is 11.7. The fraction of sp³-hybridized carbons (Fsp3) is 0.231. The molecule has 0 radical (unpaired) electrons. The highest BCUT2D eigenvalue weighted by molar-refractivity contribution is 6.30. The van der Waals surface area contributed by atoms with E-state index in [4.69, 9.17) is 21.9 Å². The summed E-state index contributed by atoms with van der Waals surface area (Å²) in [6.07, 6.45) is 0.702. The van der Waals surface area contributed by atoms with Crippen molar-refractivity contribution >= 4 is 17.5 Å². The van der Waals surface area contributed by atoms with Crippen molar-refractivity contribution in [1.82, 2.24) is 10.5 Å². The standard InChI is InChI=1S/C13H14ClN3O2/c14-10-3-1-2-9(6-10)4-5-16-13(18)12-7-11(8-15)19-17-12/h1-3,6-7H,4-5,8,15H2,(H,16,18). The van der Waals surface area contributed by atoms with Crippen LogP contribution in [0.15, 0.2) is 34.9 Å². The van der Waals surface area contributed by atoms with Gasteiger partial charge < -0.3 is 15.6 Å². The molecular formula is C13H14ClN3O2. The van der Waals surface area contributed by atoms with E-state index in [1.54, 1.807) is 0 Å². The number of nitrogens with two attached hydrogens (primary N) is 1. The summed E-state index contributed by atoms with van der Waals surface area (Å²) < 4.78 is 4.86. The first-order chi connectivity index (χ1) is 9.19. The number of carbonyl (C=O) groups excluding carboxylic acids is 1. The van der Waals surface area contributed by atoms with Gasteiger partial charge in [0.1, 0.15) is 0 Å². The minimum atomic E-state index is -0.273. The van der Waals surface area contributed by atoms with Crippen LogP contribution in [0.5, 0.6) is 0 Å². The van der Waals surface area contributed by atoms with E-state index in [9.17, 15) is 4.79 Å². The fourth-order valence-corrected chi connectivity index (χ4v) is 1.83. The van der Waals surface area contributed by atoms with Gasteiger partial charge in [-0.3, -0.25) is 4.79 Å². The Bertz CT molecular complexity index is 569. The number of aromatic nitrogens is 1. The molecule has 0 aliphatic rings. The summed E-state index contributed by atoms with van der Waals surface area (Å²) in [4.78, 5) is 11.7. The molecule has 0 bridgehead atoms. The number of nitrogens with zero attached hydrogens (tertiary/aromatic N) is 1. The molecule has 1 aromatic heterocycles. The summed E-state index contributed by atoms with van der Waals surface area (Å²) in [7, 11) is 0. The van der Waals surface area contributed by atoms with Gasteiger partial charge >= 0.3 is 0 Å². The highest BCUT2D eigenvalue weighted by atomic mass is 35.5. The number of halogens is 1. The lowest BCUT2D eigenvalue weighted by Crippen LogP contribution is -2.25. The normalized spacial score (nSPS) is 10.4. The van der Waals surface area contributed by atoms with Crippen LogP contribution in [-0.4, -0.2) is 17.6 Å². The molecule has 5 nitrogen and oxygen atoms in total. The monoisotopic (exact) mass is 279 g/mol.